The third-order valence-corrected chi connectivity index (χ3v) is 3.48. The summed E-state index contributed by atoms with van der Waals surface area (Å²) in [5.74, 6) is 0.640. The van der Waals surface area contributed by atoms with Crippen LogP contribution in [0.1, 0.15) is 44.0 Å². The first-order valence-electron chi connectivity index (χ1n) is 6.90. The Hall–Kier alpha value is -1.58. The van der Waals surface area contributed by atoms with Crippen molar-refractivity contribution in [3.05, 3.63) is 23.9 Å². The van der Waals surface area contributed by atoms with E-state index in [1.54, 1.807) is 19.2 Å². The topological polar surface area (TPSA) is 42.4 Å². The molecule has 1 aliphatic rings. The average Bonchev–Trinajstić information content (AvgIpc) is 2.38. The molecule has 0 unspecified atom stereocenters. The van der Waals surface area contributed by atoms with Crippen molar-refractivity contribution in [2.24, 2.45) is 5.41 Å². The number of esters is 1. The lowest BCUT2D eigenvalue weighted by atomic mass is 9.84. The van der Waals surface area contributed by atoms with Crippen LogP contribution in [0.2, 0.25) is 0 Å². The minimum Gasteiger partial charge on any atom is -0.462 e. The summed E-state index contributed by atoms with van der Waals surface area (Å²) < 4.78 is 4.95. The van der Waals surface area contributed by atoms with E-state index in [0.29, 0.717) is 17.6 Å². The second kappa shape index (κ2) is 5.59. The van der Waals surface area contributed by atoms with Crippen LogP contribution in [0.5, 0.6) is 0 Å². The minimum absolute atomic E-state index is 0.305. The number of aromatic nitrogens is 1. The minimum atomic E-state index is -0.305. The summed E-state index contributed by atoms with van der Waals surface area (Å²) in [6.45, 7) is 8.81. The highest BCUT2D eigenvalue weighted by Gasteiger charge is 2.27. The molecule has 104 valence electrons. The number of anilines is 1. The van der Waals surface area contributed by atoms with Gasteiger partial charge in [-0.1, -0.05) is 13.8 Å². The number of carbonyl (C=O) groups excluding carboxylic acids is 1. The Morgan fingerprint density at radius 2 is 2.26 bits per heavy atom. The Bertz CT molecular complexity index is 440. The molecule has 1 fully saturated rings. The van der Waals surface area contributed by atoms with Gasteiger partial charge in [0.05, 0.1) is 12.2 Å². The summed E-state index contributed by atoms with van der Waals surface area (Å²) in [4.78, 5) is 18.2. The molecule has 2 rings (SSSR count). The highest BCUT2D eigenvalue weighted by atomic mass is 16.5. The van der Waals surface area contributed by atoms with Crippen molar-refractivity contribution in [2.75, 3.05) is 24.6 Å². The molecule has 0 saturated carbocycles. The SMILES string of the molecule is CCOC(=O)c1ccc(N2CCCC(C)(C)C2)nc1. The maximum atomic E-state index is 11.6. The molecule has 0 aliphatic carbocycles. The lowest BCUT2D eigenvalue weighted by Crippen LogP contribution is -2.40. The molecule has 0 atom stereocenters. The van der Waals surface area contributed by atoms with E-state index in [1.165, 1.54) is 12.8 Å². The first kappa shape index (κ1) is 13.8. The molecule has 4 heteroatoms. The molecule has 2 heterocycles. The molecule has 0 spiro atoms. The summed E-state index contributed by atoms with van der Waals surface area (Å²) in [6, 6.07) is 3.70. The Kier molecular flexibility index (Phi) is 4.08. The number of ether oxygens (including phenoxy) is 1. The third-order valence-electron chi connectivity index (χ3n) is 3.48. The molecule has 1 aliphatic heterocycles. The van der Waals surface area contributed by atoms with Gasteiger partial charge in [-0.15, -0.1) is 0 Å². The monoisotopic (exact) mass is 262 g/mol. The number of carbonyl (C=O) groups is 1. The summed E-state index contributed by atoms with van der Waals surface area (Å²) in [5.41, 5.74) is 0.849. The predicted molar refractivity (Wildman–Crippen MR) is 75.4 cm³/mol. The molecule has 0 amide bonds. The number of nitrogens with zero attached hydrogens (tertiary/aromatic N) is 2. The second-order valence-electron chi connectivity index (χ2n) is 5.81. The molecule has 4 nitrogen and oxygen atoms in total. The van der Waals surface area contributed by atoms with Crippen LogP contribution in [0.15, 0.2) is 18.3 Å². The van der Waals surface area contributed by atoms with Crippen LogP contribution in [-0.4, -0.2) is 30.6 Å². The highest BCUT2D eigenvalue weighted by Crippen LogP contribution is 2.30. The number of pyridine rings is 1. The van der Waals surface area contributed by atoms with Crippen molar-refractivity contribution in [1.29, 1.82) is 0 Å². The zero-order valence-corrected chi connectivity index (χ0v) is 12.0. The number of hydrogen-bond acceptors (Lipinski definition) is 4. The van der Waals surface area contributed by atoms with Crippen molar-refractivity contribution < 1.29 is 9.53 Å². The van der Waals surface area contributed by atoms with Crippen molar-refractivity contribution >= 4 is 11.8 Å². The van der Waals surface area contributed by atoms with Gasteiger partial charge in [-0.2, -0.15) is 0 Å². The Morgan fingerprint density at radius 1 is 1.47 bits per heavy atom. The maximum Gasteiger partial charge on any atom is 0.339 e. The van der Waals surface area contributed by atoms with Crippen LogP contribution >= 0.6 is 0 Å². The largest absolute Gasteiger partial charge is 0.462 e. The maximum absolute atomic E-state index is 11.6. The standard InChI is InChI=1S/C15H22N2O2/c1-4-19-14(18)12-6-7-13(16-10-12)17-9-5-8-15(2,3)11-17/h6-7,10H,4-5,8-9,11H2,1-3H3. The van der Waals surface area contributed by atoms with E-state index in [4.69, 9.17) is 4.74 Å². The molecule has 0 bridgehead atoms. The summed E-state index contributed by atoms with van der Waals surface area (Å²) in [7, 11) is 0. The summed E-state index contributed by atoms with van der Waals surface area (Å²) in [6.07, 6.45) is 4.05. The van der Waals surface area contributed by atoms with Crippen LogP contribution in [-0.2, 0) is 4.74 Å². The van der Waals surface area contributed by atoms with Crippen molar-refractivity contribution in [3.63, 3.8) is 0 Å². The van der Waals surface area contributed by atoms with E-state index in [9.17, 15) is 4.79 Å². The van der Waals surface area contributed by atoms with E-state index >= 15 is 0 Å². The van der Waals surface area contributed by atoms with Crippen molar-refractivity contribution in [1.82, 2.24) is 4.98 Å². The molecule has 19 heavy (non-hydrogen) atoms. The van der Waals surface area contributed by atoms with Crippen molar-refractivity contribution in [2.45, 2.75) is 33.6 Å². The van der Waals surface area contributed by atoms with Crippen LogP contribution in [0.3, 0.4) is 0 Å². The van der Waals surface area contributed by atoms with Gasteiger partial charge in [0.25, 0.3) is 0 Å². The molecule has 0 radical (unpaired) electrons. The van der Waals surface area contributed by atoms with Gasteiger partial charge in [0.1, 0.15) is 5.82 Å². The van der Waals surface area contributed by atoms with Gasteiger partial charge in [-0.3, -0.25) is 0 Å². The lowest BCUT2D eigenvalue weighted by molar-refractivity contribution is 0.0526. The first-order chi connectivity index (χ1) is 9.02. The first-order valence-corrected chi connectivity index (χ1v) is 6.90. The van der Waals surface area contributed by atoms with E-state index in [0.717, 1.165) is 18.9 Å². The van der Waals surface area contributed by atoms with Crippen LogP contribution in [0.25, 0.3) is 0 Å². The number of hydrogen-bond donors (Lipinski definition) is 0. The van der Waals surface area contributed by atoms with E-state index in [1.807, 2.05) is 6.07 Å². The normalized spacial score (nSPS) is 18.2. The van der Waals surface area contributed by atoms with Crippen LogP contribution in [0.4, 0.5) is 5.82 Å². The van der Waals surface area contributed by atoms with E-state index in [2.05, 4.69) is 23.7 Å². The number of rotatable bonds is 3. The number of piperidine rings is 1. The molecule has 0 aromatic carbocycles. The third kappa shape index (κ3) is 3.46. The van der Waals surface area contributed by atoms with Gasteiger partial charge in [-0.05, 0) is 37.3 Å². The van der Waals surface area contributed by atoms with Gasteiger partial charge >= 0.3 is 5.97 Å². The molecular formula is C15H22N2O2. The molecule has 1 aromatic heterocycles. The molecule has 1 aromatic rings. The second-order valence-corrected chi connectivity index (χ2v) is 5.81. The van der Waals surface area contributed by atoms with E-state index in [-0.39, 0.29) is 5.97 Å². The quantitative estimate of drug-likeness (QED) is 0.786. The lowest BCUT2D eigenvalue weighted by Gasteiger charge is -2.38. The van der Waals surface area contributed by atoms with Gasteiger partial charge in [0.2, 0.25) is 0 Å². The van der Waals surface area contributed by atoms with Crippen LogP contribution in [0, 0.1) is 5.41 Å². The van der Waals surface area contributed by atoms with Gasteiger partial charge < -0.3 is 9.64 Å². The van der Waals surface area contributed by atoms with Gasteiger partial charge in [0.15, 0.2) is 0 Å². The molecule has 0 N–H and O–H groups in total. The highest BCUT2D eigenvalue weighted by molar-refractivity contribution is 5.89. The Morgan fingerprint density at radius 3 is 2.84 bits per heavy atom. The fourth-order valence-electron chi connectivity index (χ4n) is 2.53. The van der Waals surface area contributed by atoms with Crippen molar-refractivity contribution in [3.8, 4) is 0 Å². The van der Waals surface area contributed by atoms with Gasteiger partial charge in [0, 0.05) is 19.3 Å². The zero-order chi connectivity index (χ0) is 13.9. The molecule has 1 saturated heterocycles. The van der Waals surface area contributed by atoms with E-state index < -0.39 is 0 Å². The fourth-order valence-corrected chi connectivity index (χ4v) is 2.53. The smallest absolute Gasteiger partial charge is 0.339 e. The fraction of sp³-hybridized carbons (Fsp3) is 0.600. The Balaban J connectivity index is 2.08. The predicted octanol–water partition coefficient (Wildman–Crippen LogP) is 2.88. The van der Waals surface area contributed by atoms with Crippen LogP contribution < -0.4 is 4.90 Å². The van der Waals surface area contributed by atoms with Gasteiger partial charge in [-0.25, -0.2) is 9.78 Å². The summed E-state index contributed by atoms with van der Waals surface area (Å²) >= 11 is 0. The summed E-state index contributed by atoms with van der Waals surface area (Å²) in [5, 5.41) is 0. The average molecular weight is 262 g/mol. The Labute approximate surface area is 114 Å². The zero-order valence-electron chi connectivity index (χ0n) is 12.0. The molecular weight excluding hydrogens is 240 g/mol.